The Labute approximate surface area is 256 Å². The minimum absolute atomic E-state index is 0.0724. The van der Waals surface area contributed by atoms with Crippen LogP contribution in [0.1, 0.15) is 76.8 Å². The van der Waals surface area contributed by atoms with Gasteiger partial charge in [0.05, 0.1) is 0 Å². The molecular formula is C36H47NO2S2. The summed E-state index contributed by atoms with van der Waals surface area (Å²) in [4.78, 5) is 29.3. The van der Waals surface area contributed by atoms with Crippen LogP contribution in [0.2, 0.25) is 0 Å². The quantitative estimate of drug-likeness (QED) is 0.187. The van der Waals surface area contributed by atoms with E-state index in [1.807, 2.05) is 30.0 Å². The molecule has 0 aromatic heterocycles. The van der Waals surface area contributed by atoms with E-state index in [-0.39, 0.29) is 11.6 Å². The normalized spacial score (nSPS) is 14.4. The van der Waals surface area contributed by atoms with Crippen LogP contribution in [0.3, 0.4) is 0 Å². The van der Waals surface area contributed by atoms with Crippen LogP contribution >= 0.6 is 23.5 Å². The van der Waals surface area contributed by atoms with E-state index in [0.717, 1.165) is 64.7 Å². The number of ketones is 2. The van der Waals surface area contributed by atoms with Crippen molar-refractivity contribution in [2.45, 2.75) is 88.3 Å². The second kappa shape index (κ2) is 18.3. The third-order valence-corrected chi connectivity index (χ3v) is 9.74. The highest BCUT2D eigenvalue weighted by molar-refractivity contribution is 7.99. The van der Waals surface area contributed by atoms with Crippen LogP contribution in [0.4, 0.5) is 0 Å². The molecular weight excluding hydrogens is 543 g/mol. The maximum atomic E-state index is 13.5. The van der Waals surface area contributed by atoms with Gasteiger partial charge in [0.2, 0.25) is 0 Å². The first-order valence-electron chi connectivity index (χ1n) is 15.2. The van der Waals surface area contributed by atoms with E-state index in [2.05, 4.69) is 69.3 Å². The number of carbonyl (C=O) groups excluding carboxylic acids is 2. The van der Waals surface area contributed by atoms with E-state index < -0.39 is 0 Å². The molecule has 0 saturated carbocycles. The second-order valence-corrected chi connectivity index (χ2v) is 13.2. The van der Waals surface area contributed by atoms with Gasteiger partial charge in [0.25, 0.3) is 0 Å². The molecule has 0 radical (unpaired) electrons. The Balaban J connectivity index is 1.59. The zero-order valence-corrected chi connectivity index (χ0v) is 26.8. The van der Waals surface area contributed by atoms with Crippen LogP contribution in [-0.2, 0) is 22.4 Å². The molecule has 0 bridgehead atoms. The molecule has 2 aromatic carbocycles. The molecule has 2 aromatic rings. The van der Waals surface area contributed by atoms with Crippen LogP contribution in [-0.4, -0.2) is 29.6 Å². The summed E-state index contributed by atoms with van der Waals surface area (Å²) in [6.45, 7) is 7.28. The Morgan fingerprint density at radius 1 is 0.902 bits per heavy atom. The fourth-order valence-corrected chi connectivity index (χ4v) is 6.56. The van der Waals surface area contributed by atoms with Crippen molar-refractivity contribution in [3.05, 3.63) is 94.6 Å². The Morgan fingerprint density at radius 2 is 1.56 bits per heavy atom. The van der Waals surface area contributed by atoms with Crippen LogP contribution in [0.25, 0.3) is 0 Å². The summed E-state index contributed by atoms with van der Waals surface area (Å²) in [5, 5.41) is 0. The molecule has 3 nitrogen and oxygen atoms in total. The fourth-order valence-electron chi connectivity index (χ4n) is 4.79. The van der Waals surface area contributed by atoms with Crippen molar-refractivity contribution in [2.75, 3.05) is 18.1 Å². The molecule has 41 heavy (non-hydrogen) atoms. The lowest BCUT2D eigenvalue weighted by Gasteiger charge is -2.14. The van der Waals surface area contributed by atoms with Gasteiger partial charge in [-0.3, -0.25) is 9.59 Å². The Kier molecular flexibility index (Phi) is 14.8. The van der Waals surface area contributed by atoms with Gasteiger partial charge in [-0.2, -0.15) is 0 Å². The van der Waals surface area contributed by atoms with Crippen LogP contribution in [0.15, 0.2) is 93.3 Å². The zero-order valence-electron chi connectivity index (χ0n) is 25.1. The second-order valence-electron chi connectivity index (χ2n) is 10.9. The first-order chi connectivity index (χ1) is 19.9. The molecule has 0 heterocycles. The number of allylic oxidation sites excluding steroid dienone is 6. The van der Waals surface area contributed by atoms with E-state index >= 15 is 0 Å². The van der Waals surface area contributed by atoms with E-state index in [4.69, 9.17) is 5.73 Å². The van der Waals surface area contributed by atoms with E-state index in [1.165, 1.54) is 23.3 Å². The number of nitrogens with two attached hydrogens (primary N) is 1. The molecule has 0 fully saturated rings. The van der Waals surface area contributed by atoms with Crippen molar-refractivity contribution in [1.82, 2.24) is 0 Å². The standard InChI is InChI=1S/C36H47NO2S2/c1-4-27(3)21-23-40-32-17-13-28(14-18-32)9-8-12-35(38)31-11-7-6-10-30(5-2)34(26-31)36(39)25-29-15-19-33(20-16-29)41-24-22-37/h6,10,13-20,26-27H,4-5,7-9,11-12,21-25,37H2,1-3H3. The molecule has 220 valence electrons. The van der Waals surface area contributed by atoms with Crippen LogP contribution in [0, 0.1) is 5.92 Å². The van der Waals surface area contributed by atoms with Gasteiger partial charge in [-0.15, -0.1) is 23.5 Å². The topological polar surface area (TPSA) is 60.2 Å². The number of benzene rings is 2. The predicted octanol–water partition coefficient (Wildman–Crippen LogP) is 8.95. The Morgan fingerprint density at radius 3 is 2.20 bits per heavy atom. The summed E-state index contributed by atoms with van der Waals surface area (Å²) in [5.74, 6) is 3.06. The highest BCUT2D eigenvalue weighted by atomic mass is 32.2. The third kappa shape index (κ3) is 11.5. The van der Waals surface area contributed by atoms with E-state index in [0.29, 0.717) is 31.4 Å². The highest BCUT2D eigenvalue weighted by Crippen LogP contribution is 2.26. The molecule has 0 saturated heterocycles. The number of aryl methyl sites for hydroxylation is 1. The van der Waals surface area contributed by atoms with Crippen molar-refractivity contribution >= 4 is 35.1 Å². The smallest absolute Gasteiger partial charge is 0.167 e. The summed E-state index contributed by atoms with van der Waals surface area (Å²) < 4.78 is 0. The van der Waals surface area contributed by atoms with Crippen molar-refractivity contribution < 1.29 is 9.59 Å². The molecule has 5 heteroatoms. The van der Waals surface area contributed by atoms with Gasteiger partial charge in [0, 0.05) is 40.5 Å². The van der Waals surface area contributed by atoms with Crippen LogP contribution < -0.4 is 5.73 Å². The first-order valence-corrected chi connectivity index (χ1v) is 17.2. The lowest BCUT2D eigenvalue weighted by atomic mass is 9.90. The molecule has 1 aliphatic carbocycles. The number of hydrogen-bond donors (Lipinski definition) is 1. The Bertz CT molecular complexity index is 1210. The average Bonchev–Trinajstić information content (AvgIpc) is 2.97. The maximum absolute atomic E-state index is 13.5. The van der Waals surface area contributed by atoms with Crippen molar-refractivity contribution in [1.29, 1.82) is 0 Å². The summed E-state index contributed by atoms with van der Waals surface area (Å²) in [5.41, 5.74) is 10.4. The van der Waals surface area contributed by atoms with Gasteiger partial charge >= 0.3 is 0 Å². The summed E-state index contributed by atoms with van der Waals surface area (Å²) in [6, 6.07) is 17.0. The first kappa shape index (κ1) is 33.2. The van der Waals surface area contributed by atoms with Crippen molar-refractivity contribution in [3.8, 4) is 0 Å². The van der Waals surface area contributed by atoms with Gasteiger partial charge < -0.3 is 5.73 Å². The third-order valence-electron chi connectivity index (χ3n) is 7.65. The molecule has 2 N–H and O–H groups in total. The predicted molar refractivity (Wildman–Crippen MR) is 178 cm³/mol. The summed E-state index contributed by atoms with van der Waals surface area (Å²) >= 11 is 3.65. The molecule has 1 unspecified atom stereocenters. The largest absolute Gasteiger partial charge is 0.330 e. The van der Waals surface area contributed by atoms with Gasteiger partial charge in [-0.1, -0.05) is 63.6 Å². The molecule has 0 amide bonds. The molecule has 1 aliphatic rings. The number of rotatable bonds is 17. The lowest BCUT2D eigenvalue weighted by molar-refractivity contribution is -0.115. The number of thioether (sulfide) groups is 2. The fraction of sp³-hybridized carbons (Fsp3) is 0.444. The monoisotopic (exact) mass is 589 g/mol. The molecule has 0 aliphatic heterocycles. The Hall–Kier alpha value is -2.34. The van der Waals surface area contributed by atoms with Gasteiger partial charge in [-0.25, -0.2) is 0 Å². The maximum Gasteiger partial charge on any atom is 0.167 e. The molecule has 1 atom stereocenters. The SMILES string of the molecule is CCC1=C(C(=O)Cc2ccc(SCCN)cc2)C=C(C(=O)CCCc2ccc(SCCC(C)CC)cc2)CCC=C1. The number of hydrogen-bond acceptors (Lipinski definition) is 5. The lowest BCUT2D eigenvalue weighted by Crippen LogP contribution is -2.11. The average molecular weight is 590 g/mol. The number of Topliss-reactive ketones (excluding diaryl/α,β-unsaturated/α-hetero) is 2. The zero-order chi connectivity index (χ0) is 29.5. The van der Waals surface area contributed by atoms with E-state index in [1.54, 1.807) is 11.8 Å². The van der Waals surface area contributed by atoms with Gasteiger partial charge in [0.15, 0.2) is 11.6 Å². The molecule has 3 rings (SSSR count). The van der Waals surface area contributed by atoms with E-state index in [9.17, 15) is 9.59 Å². The molecule has 0 spiro atoms. The van der Waals surface area contributed by atoms with Gasteiger partial charge in [-0.05, 0) is 103 Å². The van der Waals surface area contributed by atoms with Crippen molar-refractivity contribution in [2.24, 2.45) is 11.7 Å². The van der Waals surface area contributed by atoms with Gasteiger partial charge in [0.1, 0.15) is 0 Å². The minimum Gasteiger partial charge on any atom is -0.330 e. The number of carbonyl (C=O) groups is 2. The summed E-state index contributed by atoms with van der Waals surface area (Å²) in [6.07, 6.45) is 13.4. The highest BCUT2D eigenvalue weighted by Gasteiger charge is 2.18. The summed E-state index contributed by atoms with van der Waals surface area (Å²) in [7, 11) is 0. The van der Waals surface area contributed by atoms with Crippen LogP contribution in [0.5, 0.6) is 0 Å². The minimum atomic E-state index is 0.0724. The van der Waals surface area contributed by atoms with Crippen molar-refractivity contribution in [3.63, 3.8) is 0 Å².